The molecule has 80 valence electrons. The fourth-order valence-electron chi connectivity index (χ4n) is 1.42. The van der Waals surface area contributed by atoms with Crippen LogP contribution in [0.25, 0.3) is 0 Å². The summed E-state index contributed by atoms with van der Waals surface area (Å²) < 4.78 is 0. The Labute approximate surface area is 95.3 Å². The predicted molar refractivity (Wildman–Crippen MR) is 62.1 cm³/mol. The molecule has 0 amide bonds. The molecule has 0 aliphatic heterocycles. The highest BCUT2D eigenvalue weighted by molar-refractivity contribution is 6.34. The Morgan fingerprint density at radius 1 is 1.60 bits per heavy atom. The highest BCUT2D eigenvalue weighted by Gasteiger charge is 2.12. The first kappa shape index (κ1) is 11.8. The quantitative estimate of drug-likeness (QED) is 0.791. The van der Waals surface area contributed by atoms with Crippen molar-refractivity contribution < 1.29 is 0 Å². The summed E-state index contributed by atoms with van der Waals surface area (Å²) in [4.78, 5) is 6.15. The second kappa shape index (κ2) is 4.99. The van der Waals surface area contributed by atoms with Gasteiger partial charge in [0.15, 0.2) is 0 Å². The fraction of sp³-hybridized carbons (Fsp3) is 0.455. The number of aromatic nitrogens is 1. The molecular formula is C11H14ClN3. The number of hydrogen-bond acceptors (Lipinski definition) is 3. The molecule has 1 aromatic rings. The number of hydrogen-bond donors (Lipinski definition) is 0. The lowest BCUT2D eigenvalue weighted by atomic mass is 10.2. The SMILES string of the molecule is CC(C)CN(C)c1nccc(C#N)c1Cl. The Kier molecular flexibility index (Phi) is 3.93. The molecule has 0 saturated heterocycles. The van der Waals surface area contributed by atoms with Crippen LogP contribution >= 0.6 is 11.6 Å². The molecule has 0 N–H and O–H groups in total. The van der Waals surface area contributed by atoms with E-state index in [1.165, 1.54) is 0 Å². The van der Waals surface area contributed by atoms with Gasteiger partial charge in [0.1, 0.15) is 16.9 Å². The van der Waals surface area contributed by atoms with Crippen LogP contribution in [0.4, 0.5) is 5.82 Å². The lowest BCUT2D eigenvalue weighted by molar-refractivity contribution is 0.634. The summed E-state index contributed by atoms with van der Waals surface area (Å²) in [7, 11) is 1.93. The smallest absolute Gasteiger partial charge is 0.148 e. The van der Waals surface area contributed by atoms with E-state index in [1.807, 2.05) is 18.0 Å². The zero-order valence-corrected chi connectivity index (χ0v) is 9.91. The second-order valence-corrected chi connectivity index (χ2v) is 4.26. The number of anilines is 1. The van der Waals surface area contributed by atoms with Crippen LogP contribution in [-0.4, -0.2) is 18.6 Å². The van der Waals surface area contributed by atoms with E-state index in [0.29, 0.717) is 22.3 Å². The largest absolute Gasteiger partial charge is 0.358 e. The van der Waals surface area contributed by atoms with Crippen molar-refractivity contribution in [1.29, 1.82) is 5.26 Å². The molecule has 0 spiro atoms. The van der Waals surface area contributed by atoms with Gasteiger partial charge in [-0.05, 0) is 12.0 Å². The third-order valence-corrected chi connectivity index (χ3v) is 2.36. The molecule has 0 fully saturated rings. The van der Waals surface area contributed by atoms with E-state index >= 15 is 0 Å². The van der Waals surface area contributed by atoms with Crippen LogP contribution in [0.2, 0.25) is 5.02 Å². The minimum atomic E-state index is 0.433. The van der Waals surface area contributed by atoms with Crippen LogP contribution in [0.15, 0.2) is 12.3 Å². The van der Waals surface area contributed by atoms with Crippen molar-refractivity contribution in [3.05, 3.63) is 22.8 Å². The van der Waals surface area contributed by atoms with E-state index < -0.39 is 0 Å². The van der Waals surface area contributed by atoms with E-state index in [0.717, 1.165) is 6.54 Å². The van der Waals surface area contributed by atoms with Gasteiger partial charge in [-0.2, -0.15) is 5.26 Å². The Balaban J connectivity index is 3.00. The predicted octanol–water partition coefficient (Wildman–Crippen LogP) is 2.70. The van der Waals surface area contributed by atoms with Crippen molar-refractivity contribution in [3.63, 3.8) is 0 Å². The number of rotatable bonds is 3. The van der Waals surface area contributed by atoms with Gasteiger partial charge >= 0.3 is 0 Å². The molecule has 15 heavy (non-hydrogen) atoms. The molecule has 0 saturated carbocycles. The molecule has 0 unspecified atom stereocenters. The molecule has 1 aromatic heterocycles. The van der Waals surface area contributed by atoms with Crippen LogP contribution in [0.1, 0.15) is 19.4 Å². The van der Waals surface area contributed by atoms with Crippen LogP contribution in [0.3, 0.4) is 0 Å². The summed E-state index contributed by atoms with van der Waals surface area (Å²) >= 11 is 6.06. The first-order valence-electron chi connectivity index (χ1n) is 4.82. The summed E-state index contributed by atoms with van der Waals surface area (Å²) in [6.07, 6.45) is 1.61. The summed E-state index contributed by atoms with van der Waals surface area (Å²) in [5.41, 5.74) is 0.470. The lowest BCUT2D eigenvalue weighted by Crippen LogP contribution is -2.23. The maximum atomic E-state index is 8.83. The zero-order chi connectivity index (χ0) is 11.4. The normalized spacial score (nSPS) is 10.1. The molecule has 0 radical (unpaired) electrons. The Hall–Kier alpha value is -1.27. The third kappa shape index (κ3) is 2.84. The molecular weight excluding hydrogens is 210 g/mol. The Morgan fingerprint density at radius 3 is 2.80 bits per heavy atom. The summed E-state index contributed by atoms with van der Waals surface area (Å²) in [5.74, 6) is 1.20. The average Bonchev–Trinajstić information content (AvgIpc) is 2.17. The van der Waals surface area contributed by atoms with Crippen molar-refractivity contribution in [2.45, 2.75) is 13.8 Å². The standard InChI is InChI=1S/C11H14ClN3/c1-8(2)7-15(3)11-10(12)9(6-13)4-5-14-11/h4-5,8H,7H2,1-3H3. The van der Waals surface area contributed by atoms with Gasteiger partial charge in [0, 0.05) is 19.8 Å². The van der Waals surface area contributed by atoms with Gasteiger partial charge in [-0.3, -0.25) is 0 Å². The molecule has 0 aromatic carbocycles. The summed E-state index contributed by atoms with van der Waals surface area (Å²) in [6.45, 7) is 5.11. The van der Waals surface area contributed by atoms with Gasteiger partial charge in [0.05, 0.1) is 5.56 Å². The number of nitrogens with zero attached hydrogens (tertiary/aromatic N) is 3. The van der Waals surface area contributed by atoms with Gasteiger partial charge in [-0.1, -0.05) is 25.4 Å². The van der Waals surface area contributed by atoms with Crippen molar-refractivity contribution in [3.8, 4) is 6.07 Å². The van der Waals surface area contributed by atoms with E-state index in [9.17, 15) is 0 Å². The van der Waals surface area contributed by atoms with Crippen LogP contribution < -0.4 is 4.90 Å². The van der Waals surface area contributed by atoms with E-state index in [2.05, 4.69) is 18.8 Å². The monoisotopic (exact) mass is 223 g/mol. The highest BCUT2D eigenvalue weighted by atomic mass is 35.5. The van der Waals surface area contributed by atoms with E-state index in [1.54, 1.807) is 12.3 Å². The molecule has 1 rings (SSSR count). The zero-order valence-electron chi connectivity index (χ0n) is 9.16. The summed E-state index contributed by atoms with van der Waals surface area (Å²) in [5, 5.41) is 9.26. The van der Waals surface area contributed by atoms with Gasteiger partial charge in [0.25, 0.3) is 0 Å². The minimum Gasteiger partial charge on any atom is -0.358 e. The number of nitriles is 1. The molecule has 0 atom stereocenters. The van der Waals surface area contributed by atoms with E-state index in [-0.39, 0.29) is 0 Å². The van der Waals surface area contributed by atoms with Gasteiger partial charge in [0.2, 0.25) is 0 Å². The second-order valence-electron chi connectivity index (χ2n) is 3.88. The molecule has 1 heterocycles. The fourth-order valence-corrected chi connectivity index (χ4v) is 1.72. The van der Waals surface area contributed by atoms with Crippen molar-refractivity contribution in [2.24, 2.45) is 5.92 Å². The van der Waals surface area contributed by atoms with Crippen LogP contribution in [0.5, 0.6) is 0 Å². The minimum absolute atomic E-state index is 0.433. The number of pyridine rings is 1. The Morgan fingerprint density at radius 2 is 2.27 bits per heavy atom. The van der Waals surface area contributed by atoms with Crippen LogP contribution in [-0.2, 0) is 0 Å². The van der Waals surface area contributed by atoms with E-state index in [4.69, 9.17) is 16.9 Å². The maximum absolute atomic E-state index is 8.83. The van der Waals surface area contributed by atoms with Crippen LogP contribution in [0, 0.1) is 17.2 Å². The third-order valence-electron chi connectivity index (χ3n) is 1.99. The van der Waals surface area contributed by atoms with Crippen molar-refractivity contribution >= 4 is 17.4 Å². The molecule has 4 heteroatoms. The van der Waals surface area contributed by atoms with Gasteiger partial charge < -0.3 is 4.90 Å². The van der Waals surface area contributed by atoms with Crippen molar-refractivity contribution in [1.82, 2.24) is 4.98 Å². The molecule has 0 aliphatic carbocycles. The first-order valence-corrected chi connectivity index (χ1v) is 5.19. The molecule has 0 bridgehead atoms. The number of halogens is 1. The van der Waals surface area contributed by atoms with Gasteiger partial charge in [-0.25, -0.2) is 4.98 Å². The highest BCUT2D eigenvalue weighted by Crippen LogP contribution is 2.25. The topological polar surface area (TPSA) is 39.9 Å². The summed E-state index contributed by atoms with van der Waals surface area (Å²) in [6, 6.07) is 3.67. The lowest BCUT2D eigenvalue weighted by Gasteiger charge is -2.21. The van der Waals surface area contributed by atoms with Gasteiger partial charge in [-0.15, -0.1) is 0 Å². The van der Waals surface area contributed by atoms with Crippen molar-refractivity contribution in [2.75, 3.05) is 18.5 Å². The molecule has 0 aliphatic rings. The first-order chi connectivity index (χ1) is 7.06. The Bertz CT molecular complexity index is 382. The molecule has 3 nitrogen and oxygen atoms in total. The average molecular weight is 224 g/mol. The maximum Gasteiger partial charge on any atom is 0.148 e.